The largest absolute Gasteiger partial charge is 0.394 e. The van der Waals surface area contributed by atoms with Gasteiger partial charge in [-0.25, -0.2) is 4.79 Å². The standard InChI is InChI=1S/C24H42N14O8.H2O4S/c25-4-1-2-10(26)17(40)32-7-13-19(42)34-14(8-33-24(29)46)20(43)38-16(12-3-5-30-23(28)37-12)22(45)31-6-11(27)18(41)36-15(9-39)21(44)35-13;1-5(2,3)4/h8,10-13,15-16,39H,1-7,9,25-27H2,(H,31,45)(H,32,40)(H,34,42)(H,35,44)(H,36,41)(H,38,43)(H3,28,30,37)(H3,29,33,46);(H2,1,2,3,4)/b14-8-;/t10-,11+,12?,13+,15-,16-;/m0./s1. The van der Waals surface area contributed by atoms with Gasteiger partial charge in [0.1, 0.15) is 29.9 Å². The highest BCUT2D eigenvalue weighted by atomic mass is 32.3. The van der Waals surface area contributed by atoms with Crippen LogP contribution in [0.25, 0.3) is 0 Å². The van der Waals surface area contributed by atoms with E-state index in [0.29, 0.717) is 6.42 Å². The van der Waals surface area contributed by atoms with Gasteiger partial charge in [0, 0.05) is 25.8 Å². The minimum Gasteiger partial charge on any atom is -0.394 e. The van der Waals surface area contributed by atoms with Crippen molar-refractivity contribution < 1.29 is 56.2 Å². The van der Waals surface area contributed by atoms with Crippen molar-refractivity contribution >= 4 is 57.8 Å². The lowest BCUT2D eigenvalue weighted by Gasteiger charge is -2.31. The first-order chi connectivity index (χ1) is 23.8. The number of carbonyl (C=O) groups is 7. The number of aliphatic hydroxyl groups is 1. The first-order valence-corrected chi connectivity index (χ1v) is 16.3. The van der Waals surface area contributed by atoms with Crippen molar-refractivity contribution in [2.75, 3.05) is 32.8 Å². The molecule has 27 heteroatoms. The van der Waals surface area contributed by atoms with Crippen LogP contribution < -0.4 is 71.2 Å². The van der Waals surface area contributed by atoms with Crippen LogP contribution in [0.1, 0.15) is 19.3 Å². The fourth-order valence-electron chi connectivity index (χ4n) is 4.14. The molecule has 0 bridgehead atoms. The van der Waals surface area contributed by atoms with Gasteiger partial charge in [0.2, 0.25) is 29.5 Å². The van der Waals surface area contributed by atoms with Gasteiger partial charge in [-0.3, -0.25) is 42.9 Å². The van der Waals surface area contributed by atoms with E-state index in [1.54, 1.807) is 0 Å². The number of hydrogen-bond acceptors (Lipinski definition) is 16. The molecule has 288 valence electrons. The summed E-state index contributed by atoms with van der Waals surface area (Å²) in [4.78, 5) is 93.7. The van der Waals surface area contributed by atoms with E-state index in [4.69, 9.17) is 46.2 Å². The normalized spacial score (nSPS) is 25.1. The molecule has 51 heavy (non-hydrogen) atoms. The number of hydrogen-bond donors (Lipinski definition) is 16. The second-order valence-electron chi connectivity index (χ2n) is 10.7. The molecule has 0 saturated carbocycles. The first kappa shape index (κ1) is 43.8. The fourth-order valence-corrected chi connectivity index (χ4v) is 4.14. The summed E-state index contributed by atoms with van der Waals surface area (Å²) in [5.41, 5.74) is 27.4. The summed E-state index contributed by atoms with van der Waals surface area (Å²) < 4.78 is 31.6. The van der Waals surface area contributed by atoms with Crippen molar-refractivity contribution in [1.82, 2.24) is 42.5 Å². The average Bonchev–Trinajstić information content (AvgIpc) is 3.05. The number of nitrogens with zero attached hydrogens (tertiary/aromatic N) is 1. The molecular formula is C24H44N14O12S. The van der Waals surface area contributed by atoms with Gasteiger partial charge in [-0.05, 0) is 25.8 Å². The van der Waals surface area contributed by atoms with Gasteiger partial charge in [0.15, 0.2) is 5.96 Å². The lowest BCUT2D eigenvalue weighted by atomic mass is 10.0. The molecule has 0 aromatic carbocycles. The first-order valence-electron chi connectivity index (χ1n) is 14.9. The van der Waals surface area contributed by atoms with Crippen molar-refractivity contribution in [3.8, 4) is 0 Å². The lowest BCUT2D eigenvalue weighted by Crippen LogP contribution is -2.64. The predicted molar refractivity (Wildman–Crippen MR) is 174 cm³/mol. The highest BCUT2D eigenvalue weighted by molar-refractivity contribution is 7.79. The molecule has 0 aliphatic carbocycles. The molecule has 1 fully saturated rings. The zero-order chi connectivity index (χ0) is 38.9. The third-order valence-electron chi connectivity index (χ3n) is 6.71. The van der Waals surface area contributed by atoms with Crippen LogP contribution in [0, 0.1) is 0 Å². The smallest absolute Gasteiger partial charge is 0.394 e. The number of aliphatic hydroxyl groups excluding tert-OH is 1. The van der Waals surface area contributed by atoms with Gasteiger partial charge in [-0.15, -0.1) is 0 Å². The number of carbonyl (C=O) groups excluding carboxylic acids is 7. The maximum Gasteiger partial charge on any atom is 0.394 e. The van der Waals surface area contributed by atoms with E-state index >= 15 is 0 Å². The van der Waals surface area contributed by atoms with Gasteiger partial charge in [-0.1, -0.05) is 0 Å². The molecule has 21 N–H and O–H groups in total. The van der Waals surface area contributed by atoms with Crippen LogP contribution in [0.5, 0.6) is 0 Å². The minimum absolute atomic E-state index is 0.0144. The molecule has 0 aromatic heterocycles. The Morgan fingerprint density at radius 2 is 1.63 bits per heavy atom. The molecule has 2 heterocycles. The van der Waals surface area contributed by atoms with Crippen LogP contribution in [0.15, 0.2) is 16.9 Å². The SMILES string of the molecule is NCCC[C@H](N)C(=O)NC[C@H]1NC(=O)[C@H](CO)NC(=O)[C@H](N)CNC(=O)[C@H](C2CCN=C(N)N2)NC(=O)/C(=C/NC(N)=O)NC1=O.O=S(=O)(O)O. The van der Waals surface area contributed by atoms with Gasteiger partial charge < -0.3 is 76.3 Å². The number of urea groups is 1. The van der Waals surface area contributed by atoms with E-state index in [2.05, 4.69) is 42.2 Å². The fraction of sp³-hybridized carbons (Fsp3) is 0.583. The molecule has 0 radical (unpaired) electrons. The molecule has 2 aliphatic rings. The molecule has 2 rings (SSSR count). The molecule has 2 aliphatic heterocycles. The monoisotopic (exact) mass is 752 g/mol. The van der Waals surface area contributed by atoms with E-state index in [0.717, 1.165) is 6.20 Å². The second-order valence-corrected chi connectivity index (χ2v) is 11.6. The third kappa shape index (κ3) is 16.9. The number of amides is 8. The van der Waals surface area contributed by atoms with Crippen molar-refractivity contribution in [3.05, 3.63) is 11.9 Å². The van der Waals surface area contributed by atoms with Gasteiger partial charge in [-0.2, -0.15) is 8.42 Å². The summed E-state index contributed by atoms with van der Waals surface area (Å²) in [5, 5.41) is 28.6. The number of nitrogens with two attached hydrogens (primary N) is 5. The summed E-state index contributed by atoms with van der Waals surface area (Å²) in [6.07, 6.45) is 1.61. The predicted octanol–water partition coefficient (Wildman–Crippen LogP) is -9.28. The number of rotatable bonds is 9. The van der Waals surface area contributed by atoms with E-state index in [-0.39, 0.29) is 31.9 Å². The Labute approximate surface area is 290 Å². The Bertz CT molecular complexity index is 1450. The summed E-state index contributed by atoms with van der Waals surface area (Å²) in [6, 6.07) is -9.04. The summed E-state index contributed by atoms with van der Waals surface area (Å²) >= 11 is 0. The van der Waals surface area contributed by atoms with E-state index in [1.807, 2.05) is 5.32 Å². The molecule has 8 amide bonds. The average molecular weight is 753 g/mol. The molecule has 0 aromatic rings. The zero-order valence-electron chi connectivity index (χ0n) is 27.0. The Hall–Kier alpha value is -5.19. The highest BCUT2D eigenvalue weighted by Crippen LogP contribution is 2.07. The van der Waals surface area contributed by atoms with Crippen LogP contribution in [0.4, 0.5) is 4.79 Å². The number of primary amides is 1. The van der Waals surface area contributed by atoms with Gasteiger partial charge in [0.25, 0.3) is 5.91 Å². The Kier molecular flexibility index (Phi) is 18.2. The highest BCUT2D eigenvalue weighted by Gasteiger charge is 2.35. The van der Waals surface area contributed by atoms with E-state index in [1.165, 1.54) is 0 Å². The maximum absolute atomic E-state index is 13.4. The van der Waals surface area contributed by atoms with Crippen LogP contribution >= 0.6 is 0 Å². The van der Waals surface area contributed by atoms with Crippen molar-refractivity contribution in [2.24, 2.45) is 33.7 Å². The number of nitrogens with one attached hydrogen (secondary N) is 8. The third-order valence-corrected chi connectivity index (χ3v) is 6.71. The Morgan fingerprint density at radius 3 is 2.20 bits per heavy atom. The summed E-state index contributed by atoms with van der Waals surface area (Å²) in [6.45, 7) is -1.51. The molecule has 1 saturated heterocycles. The second kappa shape index (κ2) is 21.1. The minimum atomic E-state index is -4.67. The lowest BCUT2D eigenvalue weighted by molar-refractivity contribution is -0.134. The maximum atomic E-state index is 13.4. The topological polar surface area (TPSA) is 453 Å². The molecule has 0 spiro atoms. The summed E-state index contributed by atoms with van der Waals surface area (Å²) in [7, 11) is -4.67. The zero-order valence-corrected chi connectivity index (χ0v) is 27.8. The number of aliphatic imine (C=N–C) groups is 1. The van der Waals surface area contributed by atoms with Crippen molar-refractivity contribution in [2.45, 2.75) is 55.5 Å². The molecule has 26 nitrogen and oxygen atoms in total. The van der Waals surface area contributed by atoms with E-state index in [9.17, 15) is 38.7 Å². The van der Waals surface area contributed by atoms with Crippen LogP contribution in [0.3, 0.4) is 0 Å². The Morgan fingerprint density at radius 1 is 1.00 bits per heavy atom. The van der Waals surface area contributed by atoms with E-state index < -0.39 is 114 Å². The van der Waals surface area contributed by atoms with Crippen LogP contribution in [0.2, 0.25) is 0 Å². The van der Waals surface area contributed by atoms with Crippen LogP contribution in [-0.2, 0) is 39.2 Å². The molecular weight excluding hydrogens is 708 g/mol. The van der Waals surface area contributed by atoms with Crippen molar-refractivity contribution in [1.29, 1.82) is 0 Å². The van der Waals surface area contributed by atoms with Gasteiger partial charge in [0.05, 0.1) is 18.7 Å². The van der Waals surface area contributed by atoms with Crippen LogP contribution in [-0.4, -0.2) is 139 Å². The van der Waals surface area contributed by atoms with Crippen molar-refractivity contribution in [3.63, 3.8) is 0 Å². The number of guanidine groups is 1. The molecule has 1 unspecified atom stereocenters. The quantitative estimate of drug-likeness (QED) is 0.0768. The van der Waals surface area contributed by atoms with Gasteiger partial charge >= 0.3 is 16.4 Å². The molecule has 6 atom stereocenters. The summed E-state index contributed by atoms with van der Waals surface area (Å²) in [5.74, 6) is -5.78. The Balaban J connectivity index is 0.00000242.